The lowest BCUT2D eigenvalue weighted by atomic mass is 10.1. The number of thiophene rings is 1. The first-order valence-electron chi connectivity index (χ1n) is 6.06. The molecule has 1 rings (SSSR count). The molecule has 0 N–H and O–H groups in total. The van der Waals surface area contributed by atoms with E-state index in [0.717, 1.165) is 0 Å². The maximum Gasteiger partial charge on any atom is 0.0685 e. The van der Waals surface area contributed by atoms with Crippen LogP contribution >= 0.6 is 33.9 Å². The van der Waals surface area contributed by atoms with E-state index in [1.807, 2.05) is 11.3 Å². The molecule has 0 radical (unpaired) electrons. The average Bonchev–Trinajstić information content (AvgIpc) is 2.63. The molecule has 0 nitrogen and oxygen atoms in total. The van der Waals surface area contributed by atoms with Crippen LogP contribution in [0.4, 0.5) is 0 Å². The fourth-order valence-electron chi connectivity index (χ4n) is 1.77. The molecular weight excluding hydrogens is 315 g/mol. The van der Waals surface area contributed by atoms with Crippen molar-refractivity contribution in [2.75, 3.05) is 0 Å². The summed E-state index contributed by atoms with van der Waals surface area (Å²) in [6.45, 7) is 2.28. The second-order valence-corrected chi connectivity index (χ2v) is 6.82. The molecule has 1 aromatic heterocycles. The Morgan fingerprint density at radius 1 is 1.07 bits per heavy atom. The lowest BCUT2D eigenvalue weighted by molar-refractivity contribution is 0.589. The van der Waals surface area contributed by atoms with Crippen LogP contribution in [-0.2, 0) is 6.42 Å². The van der Waals surface area contributed by atoms with Crippen LogP contribution in [0.5, 0.6) is 0 Å². The molecule has 1 heterocycles. The average molecular weight is 336 g/mol. The Bertz CT molecular complexity index is 255. The van der Waals surface area contributed by atoms with Crippen LogP contribution < -0.4 is 0 Å². The monoisotopic (exact) mass is 336 g/mol. The number of aryl methyl sites for hydroxylation is 1. The summed E-state index contributed by atoms with van der Waals surface area (Å²) in [7, 11) is 0. The molecule has 0 saturated carbocycles. The Hall–Kier alpha value is 0.430. The molecule has 15 heavy (non-hydrogen) atoms. The topological polar surface area (TPSA) is 0 Å². The summed E-state index contributed by atoms with van der Waals surface area (Å²) in [6.07, 6.45) is 11.2. The van der Waals surface area contributed by atoms with E-state index in [4.69, 9.17) is 0 Å². The van der Waals surface area contributed by atoms with Crippen LogP contribution in [0.3, 0.4) is 0 Å². The van der Waals surface area contributed by atoms with Crippen molar-refractivity contribution in [3.63, 3.8) is 0 Å². The molecule has 0 aromatic carbocycles. The van der Waals surface area contributed by atoms with Crippen LogP contribution in [0.25, 0.3) is 0 Å². The van der Waals surface area contributed by atoms with Gasteiger partial charge in [-0.25, -0.2) is 0 Å². The summed E-state index contributed by atoms with van der Waals surface area (Å²) >= 11 is 4.32. The van der Waals surface area contributed by atoms with Crippen molar-refractivity contribution in [3.8, 4) is 0 Å². The normalized spacial score (nSPS) is 10.8. The van der Waals surface area contributed by atoms with E-state index >= 15 is 0 Å². The Labute approximate surface area is 112 Å². The predicted molar refractivity (Wildman–Crippen MR) is 78.7 cm³/mol. The van der Waals surface area contributed by atoms with Gasteiger partial charge < -0.3 is 0 Å². The molecule has 0 amide bonds. The molecule has 86 valence electrons. The fraction of sp³-hybridized carbons (Fsp3) is 0.692. The van der Waals surface area contributed by atoms with E-state index < -0.39 is 0 Å². The number of hydrogen-bond acceptors (Lipinski definition) is 1. The maximum absolute atomic E-state index is 2.45. The molecular formula is C13H21IS. The summed E-state index contributed by atoms with van der Waals surface area (Å²) in [4.78, 5) is 0. The second-order valence-electron chi connectivity index (χ2n) is 4.09. The minimum atomic E-state index is 1.29. The van der Waals surface area contributed by atoms with E-state index in [9.17, 15) is 0 Å². The van der Waals surface area contributed by atoms with E-state index in [1.165, 1.54) is 54.3 Å². The van der Waals surface area contributed by atoms with E-state index in [2.05, 4.69) is 41.0 Å². The van der Waals surface area contributed by atoms with Gasteiger partial charge in [-0.2, -0.15) is 0 Å². The molecule has 0 aliphatic rings. The third-order valence-corrected chi connectivity index (χ3v) is 4.94. The highest BCUT2D eigenvalue weighted by Crippen LogP contribution is 2.21. The Morgan fingerprint density at radius 3 is 2.33 bits per heavy atom. The first kappa shape index (κ1) is 13.5. The van der Waals surface area contributed by atoms with Gasteiger partial charge in [0.1, 0.15) is 0 Å². The highest BCUT2D eigenvalue weighted by atomic mass is 127. The van der Waals surface area contributed by atoms with Crippen LogP contribution in [0.15, 0.2) is 11.4 Å². The zero-order valence-electron chi connectivity index (χ0n) is 9.60. The third kappa shape index (κ3) is 5.91. The van der Waals surface area contributed by atoms with Crippen LogP contribution in [0.1, 0.15) is 57.4 Å². The lowest BCUT2D eigenvalue weighted by Gasteiger charge is -2.01. The van der Waals surface area contributed by atoms with Gasteiger partial charge in [0.15, 0.2) is 0 Å². The Balaban J connectivity index is 1.96. The van der Waals surface area contributed by atoms with Crippen LogP contribution in [-0.4, -0.2) is 0 Å². The molecule has 0 unspecified atom stereocenters. The summed E-state index contributed by atoms with van der Waals surface area (Å²) in [6, 6.07) is 2.28. The Morgan fingerprint density at radius 2 is 1.73 bits per heavy atom. The first-order valence-corrected chi connectivity index (χ1v) is 8.02. The third-order valence-electron chi connectivity index (χ3n) is 2.74. The molecule has 0 fully saturated rings. The number of hydrogen-bond donors (Lipinski definition) is 0. The first-order chi connectivity index (χ1) is 7.34. The summed E-state index contributed by atoms with van der Waals surface area (Å²) in [5.74, 6) is 0. The summed E-state index contributed by atoms with van der Waals surface area (Å²) in [5, 5.41) is 2.21. The Kier molecular flexibility index (Phi) is 7.71. The molecule has 0 atom stereocenters. The predicted octanol–water partition coefficient (Wildman–Crippen LogP) is 5.65. The zero-order valence-corrected chi connectivity index (χ0v) is 12.6. The van der Waals surface area contributed by atoms with Crippen molar-refractivity contribution in [2.45, 2.75) is 58.3 Å². The highest BCUT2D eigenvalue weighted by Gasteiger charge is 1.99. The SMILES string of the molecule is CCCCCCCCCc1ccsc1I. The van der Waals surface area contributed by atoms with Gasteiger partial charge in [-0.3, -0.25) is 0 Å². The molecule has 0 aliphatic heterocycles. The second kappa shape index (κ2) is 8.57. The van der Waals surface area contributed by atoms with Crippen molar-refractivity contribution in [3.05, 3.63) is 19.9 Å². The van der Waals surface area contributed by atoms with Crippen LogP contribution in [0, 0.1) is 2.88 Å². The van der Waals surface area contributed by atoms with Crippen molar-refractivity contribution in [1.29, 1.82) is 0 Å². The van der Waals surface area contributed by atoms with Crippen molar-refractivity contribution < 1.29 is 0 Å². The fourth-order valence-corrected chi connectivity index (χ4v) is 3.33. The number of unbranched alkanes of at least 4 members (excludes halogenated alkanes) is 6. The van der Waals surface area contributed by atoms with Crippen LogP contribution in [0.2, 0.25) is 0 Å². The lowest BCUT2D eigenvalue weighted by Crippen LogP contribution is -1.85. The molecule has 0 aliphatic carbocycles. The minimum absolute atomic E-state index is 1.29. The van der Waals surface area contributed by atoms with Crippen molar-refractivity contribution in [2.24, 2.45) is 0 Å². The van der Waals surface area contributed by atoms with Gasteiger partial charge in [0.2, 0.25) is 0 Å². The van der Waals surface area contributed by atoms with E-state index in [1.54, 1.807) is 5.56 Å². The van der Waals surface area contributed by atoms with Gasteiger partial charge in [0.25, 0.3) is 0 Å². The van der Waals surface area contributed by atoms with Gasteiger partial charge in [0.05, 0.1) is 2.88 Å². The maximum atomic E-state index is 2.45. The van der Waals surface area contributed by atoms with Gasteiger partial charge in [-0.1, -0.05) is 45.4 Å². The molecule has 2 heteroatoms. The zero-order chi connectivity index (χ0) is 10.9. The molecule has 0 bridgehead atoms. The van der Waals surface area contributed by atoms with E-state index in [-0.39, 0.29) is 0 Å². The van der Waals surface area contributed by atoms with Gasteiger partial charge >= 0.3 is 0 Å². The summed E-state index contributed by atoms with van der Waals surface area (Å²) in [5.41, 5.74) is 1.56. The van der Waals surface area contributed by atoms with Gasteiger partial charge in [-0.05, 0) is 52.4 Å². The summed E-state index contributed by atoms with van der Waals surface area (Å²) < 4.78 is 1.48. The van der Waals surface area contributed by atoms with E-state index in [0.29, 0.717) is 0 Å². The number of halogens is 1. The molecule has 0 spiro atoms. The molecule has 1 aromatic rings. The van der Waals surface area contributed by atoms with Crippen molar-refractivity contribution in [1.82, 2.24) is 0 Å². The van der Waals surface area contributed by atoms with Gasteiger partial charge in [-0.15, -0.1) is 11.3 Å². The van der Waals surface area contributed by atoms with Gasteiger partial charge in [0, 0.05) is 0 Å². The van der Waals surface area contributed by atoms with Crippen molar-refractivity contribution >= 4 is 33.9 Å². The standard InChI is InChI=1S/C13H21IS/c1-2-3-4-5-6-7-8-9-12-10-11-15-13(12)14/h10-11H,2-9H2,1H3. The minimum Gasteiger partial charge on any atom is -0.137 e. The molecule has 0 saturated heterocycles. The largest absolute Gasteiger partial charge is 0.137 e. The highest BCUT2D eigenvalue weighted by molar-refractivity contribution is 14.1. The smallest absolute Gasteiger partial charge is 0.0685 e. The number of rotatable bonds is 8. The quantitative estimate of drug-likeness (QED) is 0.425.